The Bertz CT molecular complexity index is 589. The van der Waals surface area contributed by atoms with Crippen molar-refractivity contribution in [3.8, 4) is 5.75 Å². The lowest BCUT2D eigenvalue weighted by Crippen LogP contribution is -2.02. The van der Waals surface area contributed by atoms with Crippen LogP contribution in [-0.4, -0.2) is 5.11 Å². The Labute approximate surface area is 116 Å². The third-order valence-electron chi connectivity index (χ3n) is 2.93. The van der Waals surface area contributed by atoms with Crippen LogP contribution < -0.4 is 4.74 Å². The van der Waals surface area contributed by atoms with Gasteiger partial charge in [-0.15, -0.1) is 0 Å². The van der Waals surface area contributed by atoms with Crippen LogP contribution in [0, 0.1) is 18.6 Å². The predicted molar refractivity (Wildman–Crippen MR) is 72.5 cm³/mol. The van der Waals surface area contributed by atoms with Crippen LogP contribution in [0.1, 0.15) is 29.7 Å². The smallest absolute Gasteiger partial charge is 0.126 e. The van der Waals surface area contributed by atoms with Gasteiger partial charge in [-0.05, 0) is 43.7 Å². The maximum atomic E-state index is 13.1. The van der Waals surface area contributed by atoms with Crippen molar-refractivity contribution in [3.63, 3.8) is 0 Å². The molecule has 4 heteroatoms. The van der Waals surface area contributed by atoms with Gasteiger partial charge in [0.05, 0.1) is 6.10 Å². The minimum Gasteiger partial charge on any atom is -0.489 e. The van der Waals surface area contributed by atoms with Crippen molar-refractivity contribution in [2.45, 2.75) is 26.6 Å². The number of hydrogen-bond acceptors (Lipinski definition) is 2. The summed E-state index contributed by atoms with van der Waals surface area (Å²) in [6.07, 6.45) is -0.672. The molecule has 2 rings (SSSR count). The van der Waals surface area contributed by atoms with E-state index in [2.05, 4.69) is 0 Å². The first-order valence-corrected chi connectivity index (χ1v) is 6.32. The first kappa shape index (κ1) is 14.5. The van der Waals surface area contributed by atoms with Crippen LogP contribution >= 0.6 is 0 Å². The molecule has 0 aliphatic heterocycles. The van der Waals surface area contributed by atoms with E-state index in [0.717, 1.165) is 11.6 Å². The van der Waals surface area contributed by atoms with Gasteiger partial charge in [0.2, 0.25) is 0 Å². The molecule has 0 saturated heterocycles. The summed E-state index contributed by atoms with van der Waals surface area (Å²) in [5.41, 5.74) is 2.06. The van der Waals surface area contributed by atoms with E-state index in [4.69, 9.17) is 4.74 Å². The Kier molecular flexibility index (Phi) is 4.35. The van der Waals surface area contributed by atoms with Gasteiger partial charge in [0.15, 0.2) is 0 Å². The quantitative estimate of drug-likeness (QED) is 0.919. The fraction of sp³-hybridized carbons (Fsp3) is 0.250. The highest BCUT2D eigenvalue weighted by molar-refractivity contribution is 5.38. The SMILES string of the molecule is Cc1ccc(OCc2cc(F)cc(F)c2)c(C(C)O)c1. The highest BCUT2D eigenvalue weighted by atomic mass is 19.1. The summed E-state index contributed by atoms with van der Waals surface area (Å²) >= 11 is 0. The molecule has 0 bridgehead atoms. The van der Waals surface area contributed by atoms with Gasteiger partial charge in [-0.3, -0.25) is 0 Å². The van der Waals surface area contributed by atoms with E-state index in [-0.39, 0.29) is 6.61 Å². The average molecular weight is 278 g/mol. The highest BCUT2D eigenvalue weighted by Gasteiger charge is 2.10. The molecule has 0 radical (unpaired) electrons. The topological polar surface area (TPSA) is 29.5 Å². The predicted octanol–water partition coefficient (Wildman–Crippen LogP) is 3.91. The molecule has 0 aliphatic rings. The molecule has 0 heterocycles. The molecule has 0 aromatic heterocycles. The summed E-state index contributed by atoms with van der Waals surface area (Å²) in [4.78, 5) is 0. The molecule has 2 aromatic rings. The second kappa shape index (κ2) is 6.01. The molecule has 1 unspecified atom stereocenters. The Morgan fingerprint density at radius 1 is 1.10 bits per heavy atom. The van der Waals surface area contributed by atoms with Gasteiger partial charge in [0, 0.05) is 11.6 Å². The summed E-state index contributed by atoms with van der Waals surface area (Å²) in [5, 5.41) is 9.71. The van der Waals surface area contributed by atoms with Crippen LogP contribution in [0.25, 0.3) is 0 Å². The average Bonchev–Trinajstić information content (AvgIpc) is 2.36. The van der Waals surface area contributed by atoms with Crippen LogP contribution in [0.3, 0.4) is 0 Å². The van der Waals surface area contributed by atoms with E-state index in [0.29, 0.717) is 16.9 Å². The molecule has 106 valence electrons. The third-order valence-corrected chi connectivity index (χ3v) is 2.93. The minimum absolute atomic E-state index is 0.0391. The van der Waals surface area contributed by atoms with Crippen molar-refractivity contribution in [1.82, 2.24) is 0 Å². The lowest BCUT2D eigenvalue weighted by molar-refractivity contribution is 0.190. The Hall–Kier alpha value is -1.94. The zero-order valence-corrected chi connectivity index (χ0v) is 11.4. The fourth-order valence-electron chi connectivity index (χ4n) is 1.98. The van der Waals surface area contributed by atoms with Gasteiger partial charge in [-0.1, -0.05) is 11.6 Å². The number of benzene rings is 2. The summed E-state index contributed by atoms with van der Waals surface area (Å²) in [6.45, 7) is 3.60. The van der Waals surface area contributed by atoms with E-state index in [1.54, 1.807) is 13.0 Å². The largest absolute Gasteiger partial charge is 0.489 e. The summed E-state index contributed by atoms with van der Waals surface area (Å²) in [7, 11) is 0. The Balaban J connectivity index is 2.18. The van der Waals surface area contributed by atoms with Crippen LogP contribution in [0.5, 0.6) is 5.75 Å². The number of aryl methyl sites for hydroxylation is 1. The normalized spacial score (nSPS) is 12.2. The molecule has 0 amide bonds. The molecule has 1 atom stereocenters. The molecule has 2 aromatic carbocycles. The number of aliphatic hydroxyl groups excluding tert-OH is 1. The van der Waals surface area contributed by atoms with Crippen molar-refractivity contribution in [2.24, 2.45) is 0 Å². The van der Waals surface area contributed by atoms with Gasteiger partial charge in [-0.25, -0.2) is 8.78 Å². The molecule has 2 nitrogen and oxygen atoms in total. The van der Waals surface area contributed by atoms with Crippen molar-refractivity contribution in [1.29, 1.82) is 0 Å². The van der Waals surface area contributed by atoms with Crippen molar-refractivity contribution in [2.75, 3.05) is 0 Å². The number of hydrogen-bond donors (Lipinski definition) is 1. The molecular formula is C16H16F2O2. The van der Waals surface area contributed by atoms with Crippen molar-refractivity contribution in [3.05, 3.63) is 64.7 Å². The second-order valence-electron chi connectivity index (χ2n) is 4.78. The standard InChI is InChI=1S/C16H16F2O2/c1-10-3-4-16(15(5-10)11(2)19)20-9-12-6-13(17)8-14(18)7-12/h3-8,11,19H,9H2,1-2H3. The van der Waals surface area contributed by atoms with Crippen molar-refractivity contribution >= 4 is 0 Å². The molecule has 20 heavy (non-hydrogen) atoms. The third kappa shape index (κ3) is 3.54. The van der Waals surface area contributed by atoms with E-state index in [9.17, 15) is 13.9 Å². The van der Waals surface area contributed by atoms with Crippen LogP contribution in [-0.2, 0) is 6.61 Å². The molecule has 0 aliphatic carbocycles. The van der Waals surface area contributed by atoms with E-state index < -0.39 is 17.7 Å². The number of aliphatic hydroxyl groups is 1. The Morgan fingerprint density at radius 2 is 1.75 bits per heavy atom. The van der Waals surface area contributed by atoms with Gasteiger partial charge in [0.1, 0.15) is 24.0 Å². The van der Waals surface area contributed by atoms with Gasteiger partial charge in [-0.2, -0.15) is 0 Å². The van der Waals surface area contributed by atoms with E-state index >= 15 is 0 Å². The maximum absolute atomic E-state index is 13.1. The number of halogens is 2. The molecule has 0 fully saturated rings. The van der Waals surface area contributed by atoms with Gasteiger partial charge < -0.3 is 9.84 Å². The van der Waals surface area contributed by atoms with Gasteiger partial charge >= 0.3 is 0 Å². The minimum atomic E-state index is -0.672. The lowest BCUT2D eigenvalue weighted by atomic mass is 10.1. The fourth-order valence-corrected chi connectivity index (χ4v) is 1.98. The molecular weight excluding hydrogens is 262 g/mol. The molecule has 0 spiro atoms. The van der Waals surface area contributed by atoms with Crippen molar-refractivity contribution < 1.29 is 18.6 Å². The van der Waals surface area contributed by atoms with Crippen LogP contribution in [0.15, 0.2) is 36.4 Å². The van der Waals surface area contributed by atoms with E-state index in [1.807, 2.05) is 19.1 Å². The molecule has 1 N–H and O–H groups in total. The first-order chi connectivity index (χ1) is 9.45. The second-order valence-corrected chi connectivity index (χ2v) is 4.78. The van der Waals surface area contributed by atoms with Crippen LogP contribution in [0.4, 0.5) is 8.78 Å². The highest BCUT2D eigenvalue weighted by Crippen LogP contribution is 2.27. The summed E-state index contributed by atoms with van der Waals surface area (Å²) in [5.74, 6) is -0.762. The Morgan fingerprint density at radius 3 is 2.35 bits per heavy atom. The lowest BCUT2D eigenvalue weighted by Gasteiger charge is -2.14. The summed E-state index contributed by atoms with van der Waals surface area (Å²) in [6, 6.07) is 8.68. The zero-order valence-electron chi connectivity index (χ0n) is 11.4. The first-order valence-electron chi connectivity index (χ1n) is 6.32. The monoisotopic (exact) mass is 278 g/mol. The van der Waals surface area contributed by atoms with E-state index in [1.165, 1.54) is 12.1 Å². The van der Waals surface area contributed by atoms with Gasteiger partial charge in [0.25, 0.3) is 0 Å². The maximum Gasteiger partial charge on any atom is 0.126 e. The molecule has 0 saturated carbocycles. The number of ether oxygens (including phenoxy) is 1. The summed E-state index contributed by atoms with van der Waals surface area (Å²) < 4.78 is 31.7. The number of rotatable bonds is 4. The zero-order chi connectivity index (χ0) is 14.7. The van der Waals surface area contributed by atoms with Crippen LogP contribution in [0.2, 0.25) is 0 Å².